The van der Waals surface area contributed by atoms with E-state index in [0.717, 1.165) is 12.1 Å². The molecule has 0 N–H and O–H groups in total. The second-order valence-corrected chi connectivity index (χ2v) is 7.01. The van der Waals surface area contributed by atoms with Gasteiger partial charge < -0.3 is 9.64 Å². The van der Waals surface area contributed by atoms with Gasteiger partial charge in [0, 0.05) is 36.4 Å². The summed E-state index contributed by atoms with van der Waals surface area (Å²) in [6.45, 7) is 0.938. The molecule has 0 saturated carbocycles. The maximum absolute atomic E-state index is 13.4. The number of ether oxygens (including phenoxy) is 1. The summed E-state index contributed by atoms with van der Waals surface area (Å²) in [5.41, 5.74) is 0.0855. The van der Waals surface area contributed by atoms with Crippen molar-refractivity contribution in [2.75, 3.05) is 20.2 Å². The Hall–Kier alpha value is -1.18. The Labute approximate surface area is 120 Å². The number of benzene rings is 1. The van der Waals surface area contributed by atoms with E-state index in [9.17, 15) is 17.6 Å². The summed E-state index contributed by atoms with van der Waals surface area (Å²) in [4.78, 5) is 13.1. The number of methoxy groups -OCH3 is 1. The quantitative estimate of drug-likeness (QED) is 0.794. The smallest absolute Gasteiger partial charge is 0.264 e. The molecule has 0 bridgehead atoms. The Kier molecular flexibility index (Phi) is 4.31. The summed E-state index contributed by atoms with van der Waals surface area (Å²) in [6, 6.07) is 3.12. The van der Waals surface area contributed by atoms with Crippen LogP contribution in [0.25, 0.3) is 0 Å². The van der Waals surface area contributed by atoms with Crippen LogP contribution in [0.15, 0.2) is 23.1 Å². The van der Waals surface area contributed by atoms with Crippen molar-refractivity contribution in [2.24, 2.45) is 0 Å². The van der Waals surface area contributed by atoms with Crippen LogP contribution < -0.4 is 0 Å². The number of halogens is 2. The zero-order valence-electron chi connectivity index (χ0n) is 10.7. The van der Waals surface area contributed by atoms with Gasteiger partial charge in [0.1, 0.15) is 10.7 Å². The molecule has 1 heterocycles. The molecule has 2 rings (SSSR count). The largest absolute Gasteiger partial charge is 0.380 e. The lowest BCUT2D eigenvalue weighted by Gasteiger charge is -2.16. The first-order valence-corrected chi connectivity index (χ1v) is 8.20. The van der Waals surface area contributed by atoms with Gasteiger partial charge in [-0.15, -0.1) is 0 Å². The van der Waals surface area contributed by atoms with Crippen molar-refractivity contribution in [1.29, 1.82) is 0 Å². The number of carbonyl (C=O) groups is 1. The number of nitrogens with zero attached hydrogens (tertiary/aromatic N) is 1. The molecule has 1 atom stereocenters. The molecule has 0 radical (unpaired) electrons. The summed E-state index contributed by atoms with van der Waals surface area (Å²) in [6.07, 6.45) is 0.681. The van der Waals surface area contributed by atoms with Crippen molar-refractivity contribution in [1.82, 2.24) is 4.90 Å². The fourth-order valence-corrected chi connectivity index (χ4v) is 3.03. The second-order valence-electron chi connectivity index (χ2n) is 4.48. The van der Waals surface area contributed by atoms with Gasteiger partial charge in [-0.05, 0) is 24.6 Å². The molecule has 1 aromatic rings. The third kappa shape index (κ3) is 3.11. The van der Waals surface area contributed by atoms with E-state index >= 15 is 0 Å². The van der Waals surface area contributed by atoms with Crippen molar-refractivity contribution >= 4 is 25.6 Å². The second kappa shape index (κ2) is 5.67. The summed E-state index contributed by atoms with van der Waals surface area (Å²) >= 11 is 0. The standard InChI is InChI=1S/C12H13ClFNO4S/c1-19-9-4-5-15(7-9)12(16)8-2-3-10(14)11(6-8)20(13,17)18/h2-3,6,9H,4-5,7H2,1H3. The van der Waals surface area contributed by atoms with Crippen molar-refractivity contribution in [3.05, 3.63) is 29.6 Å². The summed E-state index contributed by atoms with van der Waals surface area (Å²) in [7, 11) is 2.47. The molecule has 1 unspecified atom stereocenters. The van der Waals surface area contributed by atoms with Crippen LogP contribution in [0.2, 0.25) is 0 Å². The van der Waals surface area contributed by atoms with Crippen LogP contribution >= 0.6 is 10.7 Å². The lowest BCUT2D eigenvalue weighted by molar-refractivity contribution is 0.0724. The Morgan fingerprint density at radius 1 is 1.50 bits per heavy atom. The number of hydrogen-bond acceptors (Lipinski definition) is 4. The zero-order valence-corrected chi connectivity index (χ0v) is 12.2. The van der Waals surface area contributed by atoms with Gasteiger partial charge in [0.25, 0.3) is 15.0 Å². The van der Waals surface area contributed by atoms with Gasteiger partial charge in [0.15, 0.2) is 0 Å². The van der Waals surface area contributed by atoms with E-state index in [1.165, 1.54) is 11.0 Å². The molecular formula is C12H13ClFNO4S. The summed E-state index contributed by atoms with van der Waals surface area (Å²) in [5, 5.41) is 0. The molecule has 110 valence electrons. The van der Waals surface area contributed by atoms with Gasteiger partial charge in [-0.3, -0.25) is 4.79 Å². The van der Waals surface area contributed by atoms with Crippen molar-refractivity contribution in [3.63, 3.8) is 0 Å². The maximum Gasteiger partial charge on any atom is 0.264 e. The molecule has 1 fully saturated rings. The Morgan fingerprint density at radius 2 is 2.20 bits per heavy atom. The third-order valence-electron chi connectivity index (χ3n) is 3.21. The highest BCUT2D eigenvalue weighted by atomic mass is 35.7. The number of rotatable bonds is 3. The molecule has 20 heavy (non-hydrogen) atoms. The van der Waals surface area contributed by atoms with E-state index in [-0.39, 0.29) is 17.6 Å². The lowest BCUT2D eigenvalue weighted by atomic mass is 10.2. The van der Waals surface area contributed by atoms with Crippen LogP contribution in [0.3, 0.4) is 0 Å². The highest BCUT2D eigenvalue weighted by Crippen LogP contribution is 2.22. The van der Waals surface area contributed by atoms with Crippen LogP contribution in [-0.4, -0.2) is 45.5 Å². The molecule has 0 aromatic heterocycles. The molecule has 1 amide bonds. The van der Waals surface area contributed by atoms with Crippen LogP contribution in [0.1, 0.15) is 16.8 Å². The Bertz CT molecular complexity index is 634. The zero-order chi connectivity index (χ0) is 14.9. The van der Waals surface area contributed by atoms with Crippen LogP contribution in [0.4, 0.5) is 4.39 Å². The first-order valence-electron chi connectivity index (χ1n) is 5.89. The molecule has 0 spiro atoms. The number of hydrogen-bond donors (Lipinski definition) is 0. The SMILES string of the molecule is COC1CCN(C(=O)c2ccc(F)c(S(=O)(=O)Cl)c2)C1. The fraction of sp³-hybridized carbons (Fsp3) is 0.417. The lowest BCUT2D eigenvalue weighted by Crippen LogP contribution is -2.30. The predicted molar refractivity (Wildman–Crippen MR) is 70.8 cm³/mol. The summed E-state index contributed by atoms with van der Waals surface area (Å²) < 4.78 is 41.0. The maximum atomic E-state index is 13.4. The normalized spacial score (nSPS) is 19.4. The molecule has 1 aromatic carbocycles. The van der Waals surface area contributed by atoms with E-state index in [2.05, 4.69) is 0 Å². The molecule has 1 saturated heterocycles. The van der Waals surface area contributed by atoms with Crippen LogP contribution in [0.5, 0.6) is 0 Å². The third-order valence-corrected chi connectivity index (χ3v) is 4.54. The number of amides is 1. The van der Waals surface area contributed by atoms with E-state index in [1.807, 2.05) is 0 Å². The van der Waals surface area contributed by atoms with Crippen molar-refractivity contribution in [2.45, 2.75) is 17.4 Å². The van der Waals surface area contributed by atoms with Crippen LogP contribution in [0, 0.1) is 5.82 Å². The van der Waals surface area contributed by atoms with E-state index < -0.39 is 19.8 Å². The summed E-state index contributed by atoms with van der Waals surface area (Å²) in [5.74, 6) is -1.35. The topological polar surface area (TPSA) is 63.7 Å². The average Bonchev–Trinajstić information content (AvgIpc) is 2.86. The number of carbonyl (C=O) groups excluding carboxylic acids is 1. The Balaban J connectivity index is 2.28. The highest BCUT2D eigenvalue weighted by Gasteiger charge is 2.28. The fourth-order valence-electron chi connectivity index (χ4n) is 2.11. The van der Waals surface area contributed by atoms with E-state index in [4.69, 9.17) is 15.4 Å². The van der Waals surface area contributed by atoms with Crippen molar-refractivity contribution in [3.8, 4) is 0 Å². The Morgan fingerprint density at radius 3 is 2.75 bits per heavy atom. The minimum atomic E-state index is -4.23. The van der Waals surface area contributed by atoms with Gasteiger partial charge >= 0.3 is 0 Å². The first kappa shape index (κ1) is 15.2. The van der Waals surface area contributed by atoms with E-state index in [0.29, 0.717) is 19.5 Å². The minimum Gasteiger partial charge on any atom is -0.380 e. The van der Waals surface area contributed by atoms with Crippen LogP contribution in [-0.2, 0) is 13.8 Å². The monoisotopic (exact) mass is 321 g/mol. The number of likely N-dealkylation sites (tertiary alicyclic amines) is 1. The van der Waals surface area contributed by atoms with Gasteiger partial charge in [-0.1, -0.05) is 0 Å². The first-order chi connectivity index (χ1) is 9.32. The van der Waals surface area contributed by atoms with E-state index in [1.54, 1.807) is 7.11 Å². The minimum absolute atomic E-state index is 0.0318. The molecule has 5 nitrogen and oxygen atoms in total. The van der Waals surface area contributed by atoms with Gasteiger partial charge in [0.05, 0.1) is 6.10 Å². The predicted octanol–water partition coefficient (Wildman–Crippen LogP) is 1.61. The highest BCUT2D eigenvalue weighted by molar-refractivity contribution is 8.13. The molecule has 1 aliphatic heterocycles. The van der Waals surface area contributed by atoms with Gasteiger partial charge in [-0.25, -0.2) is 12.8 Å². The molecule has 8 heteroatoms. The average molecular weight is 322 g/mol. The van der Waals surface area contributed by atoms with Gasteiger partial charge in [-0.2, -0.15) is 0 Å². The molecular weight excluding hydrogens is 309 g/mol. The van der Waals surface area contributed by atoms with Gasteiger partial charge in [0.2, 0.25) is 0 Å². The van der Waals surface area contributed by atoms with Crippen molar-refractivity contribution < 1.29 is 22.3 Å². The molecule has 1 aliphatic rings. The molecule has 0 aliphatic carbocycles.